The average molecular weight is 415 g/mol. The number of ether oxygens (including phenoxy) is 1. The molecule has 8 heteroatoms. The smallest absolute Gasteiger partial charge is 0.343 e. The predicted molar refractivity (Wildman–Crippen MR) is 106 cm³/mol. The fourth-order valence-electron chi connectivity index (χ4n) is 2.75. The molecule has 0 unspecified atom stereocenters. The van der Waals surface area contributed by atoms with Gasteiger partial charge in [0.25, 0.3) is 0 Å². The summed E-state index contributed by atoms with van der Waals surface area (Å²) in [7, 11) is 0. The van der Waals surface area contributed by atoms with Crippen LogP contribution in [0.4, 0.5) is 18.9 Å². The number of hydrogen-bond donors (Lipinski definition) is 2. The number of carbonyl (C=O) groups excluding carboxylic acids is 1. The number of aliphatic hydroxyl groups is 1. The van der Waals surface area contributed by atoms with Crippen molar-refractivity contribution in [2.45, 2.75) is 6.92 Å². The highest BCUT2D eigenvalue weighted by Gasteiger charge is 2.22. The number of phenolic OH excluding ortho intramolecular Hbond substituents is 1. The van der Waals surface area contributed by atoms with Crippen molar-refractivity contribution in [1.82, 2.24) is 0 Å². The van der Waals surface area contributed by atoms with Crippen LogP contribution in [0.1, 0.15) is 12.5 Å². The lowest BCUT2D eigenvalue weighted by Crippen LogP contribution is -2.12. The molecule has 3 aromatic rings. The molecule has 5 nitrogen and oxygen atoms in total. The Morgan fingerprint density at radius 3 is 2.43 bits per heavy atom. The van der Waals surface area contributed by atoms with Crippen LogP contribution in [0.5, 0.6) is 5.75 Å². The summed E-state index contributed by atoms with van der Waals surface area (Å²) in [5.74, 6) is -6.60. The van der Waals surface area contributed by atoms with Crippen LogP contribution in [-0.2, 0) is 9.53 Å². The van der Waals surface area contributed by atoms with Crippen LogP contribution in [0.2, 0.25) is 0 Å². The van der Waals surface area contributed by atoms with E-state index in [9.17, 15) is 28.2 Å². The summed E-state index contributed by atoms with van der Waals surface area (Å²) in [6, 6.07) is 10.9. The van der Waals surface area contributed by atoms with Gasteiger partial charge in [0.15, 0.2) is 11.6 Å². The zero-order valence-corrected chi connectivity index (χ0v) is 15.7. The van der Waals surface area contributed by atoms with E-state index < -0.39 is 40.3 Å². The lowest BCUT2D eigenvalue weighted by Gasteiger charge is -2.09. The first-order valence-corrected chi connectivity index (χ1v) is 8.83. The van der Waals surface area contributed by atoms with Crippen LogP contribution in [0.3, 0.4) is 0 Å². The molecule has 0 saturated heterocycles. The van der Waals surface area contributed by atoms with Crippen LogP contribution in [0, 0.1) is 17.5 Å². The maximum Gasteiger partial charge on any atom is 0.343 e. The Bertz CT molecular complexity index is 1190. The number of aromatic hydroxyl groups is 1. The number of aliphatic hydroxyl groups excluding tert-OH is 1. The molecule has 3 aromatic carbocycles. The van der Waals surface area contributed by atoms with Gasteiger partial charge in [0.05, 0.1) is 12.2 Å². The first-order valence-electron chi connectivity index (χ1n) is 8.83. The van der Waals surface area contributed by atoms with Gasteiger partial charge < -0.3 is 14.9 Å². The molecule has 0 bridgehead atoms. The molecule has 0 spiro atoms. The van der Waals surface area contributed by atoms with Gasteiger partial charge in [0.2, 0.25) is 0 Å². The number of halogens is 3. The number of aliphatic imine (C=N–C) groups is 1. The van der Waals surface area contributed by atoms with Gasteiger partial charge in [-0.25, -0.2) is 18.0 Å². The number of fused-ring (bicyclic) bond motifs is 1. The number of carbonyl (C=O) groups is 1. The number of rotatable bonds is 5. The van der Waals surface area contributed by atoms with Gasteiger partial charge in [-0.3, -0.25) is 4.99 Å². The van der Waals surface area contributed by atoms with Crippen molar-refractivity contribution in [1.29, 1.82) is 0 Å². The lowest BCUT2D eigenvalue weighted by atomic mass is 10.1. The first-order chi connectivity index (χ1) is 14.3. The van der Waals surface area contributed by atoms with Crippen LogP contribution < -0.4 is 0 Å². The van der Waals surface area contributed by atoms with Crippen LogP contribution in [0.15, 0.2) is 59.1 Å². The molecular formula is C22H16F3NO4. The lowest BCUT2D eigenvalue weighted by molar-refractivity contribution is -0.137. The first kappa shape index (κ1) is 20.9. The number of esters is 1. The molecule has 0 heterocycles. The molecule has 0 amide bonds. The average Bonchev–Trinajstić information content (AvgIpc) is 2.71. The summed E-state index contributed by atoms with van der Waals surface area (Å²) in [5, 5.41) is 22.0. The molecule has 0 aliphatic carbocycles. The van der Waals surface area contributed by atoms with Gasteiger partial charge in [-0.1, -0.05) is 24.3 Å². The van der Waals surface area contributed by atoms with E-state index in [1.807, 2.05) is 0 Å². The Kier molecular flexibility index (Phi) is 6.06. The largest absolute Gasteiger partial charge is 0.506 e. The Balaban J connectivity index is 2.13. The summed E-state index contributed by atoms with van der Waals surface area (Å²) >= 11 is 0. The molecule has 0 fully saturated rings. The van der Waals surface area contributed by atoms with Crippen LogP contribution in [0.25, 0.3) is 16.5 Å². The second kappa shape index (κ2) is 8.69. The highest BCUT2D eigenvalue weighted by atomic mass is 19.2. The van der Waals surface area contributed by atoms with Gasteiger partial charge in [-0.2, -0.15) is 0 Å². The molecule has 0 saturated carbocycles. The predicted octanol–water partition coefficient (Wildman–Crippen LogP) is 5.20. The minimum absolute atomic E-state index is 0.0502. The Morgan fingerprint density at radius 1 is 1.10 bits per heavy atom. The Labute approximate surface area is 169 Å². The minimum atomic E-state index is -1.54. The van der Waals surface area contributed by atoms with Gasteiger partial charge in [0.1, 0.15) is 28.6 Å². The molecule has 0 aliphatic rings. The van der Waals surface area contributed by atoms with E-state index in [1.165, 1.54) is 19.1 Å². The number of hydrogen-bond acceptors (Lipinski definition) is 5. The maximum absolute atomic E-state index is 14.1. The fraction of sp³-hybridized carbons (Fsp3) is 0.0909. The van der Waals surface area contributed by atoms with Crippen LogP contribution >= 0.6 is 0 Å². The quantitative estimate of drug-likeness (QED) is 0.197. The summed E-state index contributed by atoms with van der Waals surface area (Å²) < 4.78 is 45.9. The van der Waals surface area contributed by atoms with Crippen molar-refractivity contribution >= 4 is 34.4 Å². The van der Waals surface area contributed by atoms with Gasteiger partial charge in [0, 0.05) is 12.3 Å². The third kappa shape index (κ3) is 4.27. The molecule has 154 valence electrons. The molecule has 30 heavy (non-hydrogen) atoms. The molecule has 0 radical (unpaired) electrons. The van der Waals surface area contributed by atoms with E-state index in [4.69, 9.17) is 4.74 Å². The van der Waals surface area contributed by atoms with E-state index in [0.29, 0.717) is 12.1 Å². The maximum atomic E-state index is 14.1. The molecule has 0 aromatic heterocycles. The SMILES string of the molecule is CCOC(=O)/C(C=Nc1cc2ccccc2cc1O)=C(\O)c1cc(F)cc(F)c1F. The molecule has 0 aliphatic heterocycles. The highest BCUT2D eigenvalue weighted by Crippen LogP contribution is 2.32. The van der Waals surface area contributed by atoms with Crippen molar-refractivity contribution in [3.8, 4) is 5.75 Å². The Morgan fingerprint density at radius 2 is 1.77 bits per heavy atom. The topological polar surface area (TPSA) is 79.1 Å². The summed E-state index contributed by atoms with van der Waals surface area (Å²) in [5.41, 5.74) is -1.47. The van der Waals surface area contributed by atoms with E-state index in [-0.39, 0.29) is 18.0 Å². The van der Waals surface area contributed by atoms with E-state index in [0.717, 1.165) is 17.0 Å². The Hall–Kier alpha value is -3.81. The summed E-state index contributed by atoms with van der Waals surface area (Å²) in [6.07, 6.45) is 0.833. The third-order valence-corrected chi connectivity index (χ3v) is 4.17. The molecular weight excluding hydrogens is 399 g/mol. The van der Waals surface area contributed by atoms with Crippen LogP contribution in [-0.4, -0.2) is 29.0 Å². The monoisotopic (exact) mass is 415 g/mol. The third-order valence-electron chi connectivity index (χ3n) is 4.17. The van der Waals surface area contributed by atoms with Crippen molar-refractivity contribution < 1.29 is 32.9 Å². The van der Waals surface area contributed by atoms with E-state index >= 15 is 0 Å². The summed E-state index contributed by atoms with van der Waals surface area (Å²) in [6.45, 7) is 1.42. The van der Waals surface area contributed by atoms with Crippen molar-refractivity contribution in [2.75, 3.05) is 6.61 Å². The van der Waals surface area contributed by atoms with Gasteiger partial charge >= 0.3 is 5.97 Å². The normalized spacial score (nSPS) is 12.3. The molecule has 3 rings (SSSR count). The summed E-state index contributed by atoms with van der Waals surface area (Å²) in [4.78, 5) is 16.2. The zero-order valence-electron chi connectivity index (χ0n) is 15.7. The fourth-order valence-corrected chi connectivity index (χ4v) is 2.75. The number of phenols is 1. The standard InChI is InChI=1S/C22H16F3NO4/c1-2-30-22(29)16(21(28)15-9-14(23)10-17(24)20(15)25)11-26-18-7-12-5-3-4-6-13(12)8-19(18)27/h3-11,27-28H,2H2,1H3/b21-16-,26-11?. The number of nitrogens with zero attached hydrogens (tertiary/aromatic N) is 1. The van der Waals surface area contributed by atoms with Crippen molar-refractivity contribution in [2.24, 2.45) is 4.99 Å². The highest BCUT2D eigenvalue weighted by molar-refractivity contribution is 6.15. The van der Waals surface area contributed by atoms with Gasteiger partial charge in [-0.05, 0) is 35.9 Å². The minimum Gasteiger partial charge on any atom is -0.506 e. The second-order valence-corrected chi connectivity index (χ2v) is 6.18. The zero-order chi connectivity index (χ0) is 21.8. The van der Waals surface area contributed by atoms with E-state index in [2.05, 4.69) is 4.99 Å². The van der Waals surface area contributed by atoms with Crippen molar-refractivity contribution in [3.63, 3.8) is 0 Å². The number of benzene rings is 3. The van der Waals surface area contributed by atoms with Crippen molar-refractivity contribution in [3.05, 3.63) is 77.1 Å². The van der Waals surface area contributed by atoms with Gasteiger partial charge in [-0.15, -0.1) is 0 Å². The second-order valence-electron chi connectivity index (χ2n) is 6.18. The molecule has 0 atom stereocenters. The van der Waals surface area contributed by atoms with E-state index in [1.54, 1.807) is 24.3 Å². The molecule has 2 N–H and O–H groups in total.